The van der Waals surface area contributed by atoms with Crippen LogP contribution in [0.2, 0.25) is 0 Å². The van der Waals surface area contributed by atoms with Crippen molar-refractivity contribution in [3.63, 3.8) is 0 Å². The predicted octanol–water partition coefficient (Wildman–Crippen LogP) is 2.20. The molecule has 0 aliphatic rings. The molecule has 2 N–H and O–H groups in total. The van der Waals surface area contributed by atoms with Gasteiger partial charge in [-0.2, -0.15) is 0 Å². The number of hydrogen-bond acceptors (Lipinski definition) is 3. The van der Waals surface area contributed by atoms with Gasteiger partial charge in [-0.3, -0.25) is 4.79 Å². The minimum absolute atomic E-state index is 0.0104. The smallest absolute Gasteiger partial charge is 0.230 e. The Morgan fingerprint density at radius 2 is 2.22 bits per heavy atom. The summed E-state index contributed by atoms with van der Waals surface area (Å²) in [6.45, 7) is 2.00. The van der Waals surface area contributed by atoms with E-state index in [1.807, 2.05) is 6.92 Å². The lowest BCUT2D eigenvalue weighted by atomic mass is 10.1. The molecular weight excluding hydrogens is 253 g/mol. The maximum atomic E-state index is 13.3. The number of hydrogen-bond donors (Lipinski definition) is 2. The van der Waals surface area contributed by atoms with Crippen LogP contribution in [0.3, 0.4) is 0 Å². The molecule has 0 aliphatic heterocycles. The highest BCUT2D eigenvalue weighted by Crippen LogP contribution is 2.20. The lowest BCUT2D eigenvalue weighted by Gasteiger charge is -2.15. The Balaban J connectivity index is 2.39. The highest BCUT2D eigenvalue weighted by molar-refractivity contribution is 8.00. The van der Waals surface area contributed by atoms with Gasteiger partial charge in [-0.05, 0) is 25.0 Å². The van der Waals surface area contributed by atoms with Gasteiger partial charge in [0.25, 0.3) is 0 Å². The summed E-state index contributed by atoms with van der Waals surface area (Å²) in [5, 5.41) is 11.6. The number of amides is 1. The van der Waals surface area contributed by atoms with Crippen molar-refractivity contribution < 1.29 is 14.3 Å². The molecule has 0 saturated heterocycles. The highest BCUT2D eigenvalue weighted by atomic mass is 32.2. The van der Waals surface area contributed by atoms with Crippen LogP contribution in [-0.2, 0) is 4.79 Å². The van der Waals surface area contributed by atoms with Crippen molar-refractivity contribution in [1.29, 1.82) is 0 Å². The van der Waals surface area contributed by atoms with Crippen molar-refractivity contribution in [1.82, 2.24) is 5.32 Å². The van der Waals surface area contributed by atoms with Crippen LogP contribution in [0.15, 0.2) is 29.2 Å². The molecule has 0 aromatic heterocycles. The Hall–Kier alpha value is -1.07. The van der Waals surface area contributed by atoms with Crippen molar-refractivity contribution >= 4 is 17.7 Å². The third-order valence-corrected chi connectivity index (χ3v) is 3.58. The second-order valence-electron chi connectivity index (χ2n) is 3.90. The summed E-state index contributed by atoms with van der Waals surface area (Å²) in [5.41, 5.74) is 0. The quantitative estimate of drug-likeness (QED) is 0.747. The molecule has 3 nitrogen and oxygen atoms in total. The summed E-state index contributed by atoms with van der Waals surface area (Å²) in [4.78, 5) is 12.1. The molecule has 1 aromatic rings. The van der Waals surface area contributed by atoms with Gasteiger partial charge in [0.05, 0.1) is 5.75 Å². The van der Waals surface area contributed by atoms with Crippen molar-refractivity contribution in [2.75, 3.05) is 12.4 Å². The van der Waals surface area contributed by atoms with Gasteiger partial charge in [0.2, 0.25) is 5.91 Å². The first-order valence-corrected chi connectivity index (χ1v) is 6.93. The van der Waals surface area contributed by atoms with Gasteiger partial charge in [0, 0.05) is 17.5 Å². The third-order valence-electron chi connectivity index (χ3n) is 2.53. The second kappa shape index (κ2) is 8.11. The van der Waals surface area contributed by atoms with Crippen LogP contribution in [0.5, 0.6) is 0 Å². The first-order valence-electron chi connectivity index (χ1n) is 5.95. The van der Waals surface area contributed by atoms with E-state index in [0.717, 1.165) is 6.42 Å². The fraction of sp³-hybridized carbons (Fsp3) is 0.462. The molecule has 0 bridgehead atoms. The maximum Gasteiger partial charge on any atom is 0.230 e. The standard InChI is InChI=1S/C13H18FNO2S/c1-2-10(7-8-16)15-13(17)9-18-12-6-4-3-5-11(12)14/h3-6,10,16H,2,7-9H2,1H3,(H,15,17). The van der Waals surface area contributed by atoms with Gasteiger partial charge < -0.3 is 10.4 Å². The zero-order chi connectivity index (χ0) is 13.4. The van der Waals surface area contributed by atoms with E-state index in [0.29, 0.717) is 11.3 Å². The molecule has 0 fully saturated rings. The fourth-order valence-corrected chi connectivity index (χ4v) is 2.26. The molecule has 18 heavy (non-hydrogen) atoms. The molecule has 1 rings (SSSR count). The van der Waals surface area contributed by atoms with Gasteiger partial charge >= 0.3 is 0 Å². The molecule has 0 aliphatic carbocycles. The molecule has 1 amide bonds. The van der Waals surface area contributed by atoms with E-state index in [2.05, 4.69) is 5.32 Å². The zero-order valence-electron chi connectivity index (χ0n) is 10.4. The fourth-order valence-electron chi connectivity index (χ4n) is 1.51. The van der Waals surface area contributed by atoms with Gasteiger partial charge in [-0.1, -0.05) is 19.1 Å². The lowest BCUT2D eigenvalue weighted by Crippen LogP contribution is -2.36. The third kappa shape index (κ3) is 5.06. The lowest BCUT2D eigenvalue weighted by molar-refractivity contribution is -0.119. The maximum absolute atomic E-state index is 13.3. The van der Waals surface area contributed by atoms with Crippen molar-refractivity contribution in [2.24, 2.45) is 0 Å². The van der Waals surface area contributed by atoms with Crippen molar-refractivity contribution in [3.8, 4) is 0 Å². The number of aliphatic hydroxyl groups is 1. The van der Waals surface area contributed by atoms with E-state index in [4.69, 9.17) is 5.11 Å². The van der Waals surface area contributed by atoms with Gasteiger partial charge in [-0.25, -0.2) is 4.39 Å². The van der Waals surface area contributed by atoms with E-state index in [1.54, 1.807) is 18.2 Å². The van der Waals surface area contributed by atoms with Crippen LogP contribution in [0, 0.1) is 5.82 Å². The van der Waals surface area contributed by atoms with E-state index < -0.39 is 0 Å². The molecule has 1 atom stereocenters. The van der Waals surface area contributed by atoms with Gasteiger partial charge in [-0.15, -0.1) is 11.8 Å². The first kappa shape index (κ1) is 15.0. The van der Waals surface area contributed by atoms with Crippen LogP contribution in [0.1, 0.15) is 19.8 Å². The average molecular weight is 271 g/mol. The summed E-state index contributed by atoms with van der Waals surface area (Å²) < 4.78 is 13.3. The highest BCUT2D eigenvalue weighted by Gasteiger charge is 2.11. The van der Waals surface area contributed by atoms with Crippen molar-refractivity contribution in [3.05, 3.63) is 30.1 Å². The minimum Gasteiger partial charge on any atom is -0.396 e. The molecule has 0 saturated carbocycles. The predicted molar refractivity (Wildman–Crippen MR) is 71.0 cm³/mol. The van der Waals surface area contributed by atoms with E-state index in [1.165, 1.54) is 17.8 Å². The number of carbonyl (C=O) groups excluding carboxylic acids is 1. The zero-order valence-corrected chi connectivity index (χ0v) is 11.2. The van der Waals surface area contributed by atoms with Crippen LogP contribution in [0.4, 0.5) is 4.39 Å². The largest absolute Gasteiger partial charge is 0.396 e. The summed E-state index contributed by atoms with van der Waals surface area (Å²) in [6, 6.07) is 6.38. The first-order chi connectivity index (χ1) is 8.67. The van der Waals surface area contributed by atoms with Crippen LogP contribution in [0.25, 0.3) is 0 Å². The normalized spacial score (nSPS) is 12.2. The van der Waals surface area contributed by atoms with Crippen LogP contribution in [-0.4, -0.2) is 29.4 Å². The molecule has 100 valence electrons. The average Bonchev–Trinajstić information content (AvgIpc) is 2.37. The molecule has 1 unspecified atom stereocenters. The van der Waals surface area contributed by atoms with E-state index in [-0.39, 0.29) is 30.1 Å². The Bertz CT molecular complexity index is 387. The molecule has 1 aromatic carbocycles. The Kier molecular flexibility index (Phi) is 6.75. The van der Waals surface area contributed by atoms with Gasteiger partial charge in [0.15, 0.2) is 0 Å². The Morgan fingerprint density at radius 3 is 2.83 bits per heavy atom. The number of carbonyl (C=O) groups is 1. The Morgan fingerprint density at radius 1 is 1.50 bits per heavy atom. The minimum atomic E-state index is -0.308. The summed E-state index contributed by atoms with van der Waals surface area (Å²) in [7, 11) is 0. The summed E-state index contributed by atoms with van der Waals surface area (Å²) >= 11 is 1.18. The molecule has 0 heterocycles. The van der Waals surface area contributed by atoms with E-state index in [9.17, 15) is 9.18 Å². The molecular formula is C13H18FNO2S. The number of halogens is 1. The molecule has 5 heteroatoms. The molecule has 0 spiro atoms. The number of thioether (sulfide) groups is 1. The van der Waals surface area contributed by atoms with E-state index >= 15 is 0 Å². The number of aliphatic hydroxyl groups excluding tert-OH is 1. The van der Waals surface area contributed by atoms with Crippen LogP contribution >= 0.6 is 11.8 Å². The number of nitrogens with one attached hydrogen (secondary N) is 1. The van der Waals surface area contributed by atoms with Crippen LogP contribution < -0.4 is 5.32 Å². The summed E-state index contributed by atoms with van der Waals surface area (Å²) in [5.74, 6) is -0.260. The topological polar surface area (TPSA) is 49.3 Å². The van der Waals surface area contributed by atoms with Crippen molar-refractivity contribution in [2.45, 2.75) is 30.7 Å². The summed E-state index contributed by atoms with van der Waals surface area (Å²) in [6.07, 6.45) is 1.32. The SMILES string of the molecule is CCC(CCO)NC(=O)CSc1ccccc1F. The second-order valence-corrected chi connectivity index (χ2v) is 4.92. The molecule has 0 radical (unpaired) electrons. The monoisotopic (exact) mass is 271 g/mol. The van der Waals surface area contributed by atoms with Gasteiger partial charge in [0.1, 0.15) is 5.82 Å². The number of benzene rings is 1. The Labute approximate surface area is 111 Å². The number of rotatable bonds is 7.